The number of rotatable bonds is 9. The van der Waals surface area contributed by atoms with E-state index in [9.17, 15) is 0 Å². The summed E-state index contributed by atoms with van der Waals surface area (Å²) in [6, 6.07) is 9.69. The zero-order chi connectivity index (χ0) is 29.1. The maximum Gasteiger partial charge on any atom is 0.124 e. The van der Waals surface area contributed by atoms with Crippen LogP contribution < -0.4 is 20.1 Å². The molecule has 2 nitrogen and oxygen atoms in total. The summed E-state index contributed by atoms with van der Waals surface area (Å²) in [5.74, 6) is 2.05. The Bertz CT molecular complexity index is 1140. The van der Waals surface area contributed by atoms with Crippen LogP contribution in [0.1, 0.15) is 93.4 Å². The number of hydrogen-bond donors (Lipinski definition) is 0. The molecular formula is C37H52O2P2. The summed E-state index contributed by atoms with van der Waals surface area (Å²) in [5, 5.41) is 2.93. The molecule has 3 aliphatic rings. The minimum atomic E-state index is -0.639. The zero-order valence-corrected chi connectivity index (χ0v) is 28.4. The van der Waals surface area contributed by atoms with Crippen molar-refractivity contribution in [1.29, 1.82) is 0 Å². The molecular weight excluding hydrogens is 538 g/mol. The van der Waals surface area contributed by atoms with Gasteiger partial charge in [0, 0.05) is 5.66 Å². The van der Waals surface area contributed by atoms with Crippen LogP contribution in [0.2, 0.25) is 0 Å². The first-order valence-electron chi connectivity index (χ1n) is 16.1. The second-order valence-electron chi connectivity index (χ2n) is 12.8. The van der Waals surface area contributed by atoms with E-state index in [0.717, 1.165) is 22.8 Å². The van der Waals surface area contributed by atoms with Gasteiger partial charge in [0.05, 0.1) is 14.2 Å². The van der Waals surface area contributed by atoms with Gasteiger partial charge in [0.1, 0.15) is 11.5 Å². The molecule has 0 amide bonds. The lowest BCUT2D eigenvalue weighted by molar-refractivity contribution is 0.408. The van der Waals surface area contributed by atoms with Crippen LogP contribution in [0.5, 0.6) is 11.5 Å². The molecule has 4 heteroatoms. The summed E-state index contributed by atoms with van der Waals surface area (Å²) < 4.78 is 11.6. The van der Waals surface area contributed by atoms with E-state index < -0.39 is 7.92 Å². The third-order valence-corrected chi connectivity index (χ3v) is 16.5. The van der Waals surface area contributed by atoms with Crippen molar-refractivity contribution in [2.24, 2.45) is 0 Å². The Kier molecular flexibility index (Phi) is 10.4. The number of benzene rings is 2. The fourth-order valence-corrected chi connectivity index (χ4v) is 15.9. The third-order valence-electron chi connectivity index (χ3n) is 9.98. The van der Waals surface area contributed by atoms with E-state index in [-0.39, 0.29) is 7.92 Å². The quantitative estimate of drug-likeness (QED) is 0.271. The second-order valence-corrected chi connectivity index (χ2v) is 18.3. The lowest BCUT2D eigenvalue weighted by atomic mass is 9.99. The van der Waals surface area contributed by atoms with Crippen LogP contribution >= 0.6 is 15.8 Å². The van der Waals surface area contributed by atoms with Crippen molar-refractivity contribution in [3.8, 4) is 11.5 Å². The summed E-state index contributed by atoms with van der Waals surface area (Å²) in [5.41, 5.74) is 9.72. The van der Waals surface area contributed by atoms with E-state index in [2.05, 4.69) is 77.1 Å². The van der Waals surface area contributed by atoms with E-state index in [1.54, 1.807) is 19.8 Å². The van der Waals surface area contributed by atoms with Gasteiger partial charge < -0.3 is 9.47 Å². The molecule has 0 radical (unpaired) electrons. The maximum absolute atomic E-state index is 5.80. The summed E-state index contributed by atoms with van der Waals surface area (Å²) >= 11 is 0. The molecule has 0 bridgehead atoms. The minimum Gasteiger partial charge on any atom is -0.496 e. The molecule has 0 aliphatic heterocycles. The molecule has 41 heavy (non-hydrogen) atoms. The molecule has 0 spiro atoms. The normalized spacial score (nSPS) is 21.0. The van der Waals surface area contributed by atoms with Crippen molar-refractivity contribution in [1.82, 2.24) is 0 Å². The molecule has 2 fully saturated rings. The Hall–Kier alpha value is -1.62. The van der Waals surface area contributed by atoms with Crippen molar-refractivity contribution in [3.05, 3.63) is 70.3 Å². The van der Waals surface area contributed by atoms with E-state index in [4.69, 9.17) is 9.47 Å². The summed E-state index contributed by atoms with van der Waals surface area (Å²) in [7, 11) is 2.93. The van der Waals surface area contributed by atoms with Gasteiger partial charge in [-0.05, 0) is 135 Å². The van der Waals surface area contributed by atoms with Gasteiger partial charge in [-0.1, -0.05) is 77.2 Å². The molecule has 3 aliphatic carbocycles. The molecule has 2 aromatic rings. The van der Waals surface area contributed by atoms with E-state index in [1.165, 1.54) is 97.1 Å². The van der Waals surface area contributed by atoms with Crippen LogP contribution in [0.3, 0.4) is 0 Å². The maximum atomic E-state index is 5.80. The number of methoxy groups -OCH3 is 2. The molecule has 1 unspecified atom stereocenters. The van der Waals surface area contributed by atoms with Gasteiger partial charge in [-0.3, -0.25) is 0 Å². The highest BCUT2D eigenvalue weighted by Crippen LogP contribution is 2.63. The predicted molar refractivity (Wildman–Crippen MR) is 182 cm³/mol. The molecule has 2 aromatic carbocycles. The molecule has 0 aromatic heterocycles. The number of ether oxygens (including phenoxy) is 2. The topological polar surface area (TPSA) is 18.5 Å². The van der Waals surface area contributed by atoms with Crippen LogP contribution in [0.4, 0.5) is 0 Å². The average Bonchev–Trinajstić information content (AvgIpc) is 3.44. The predicted octanol–water partition coefficient (Wildman–Crippen LogP) is 9.77. The Morgan fingerprint density at radius 3 is 1.46 bits per heavy atom. The number of aryl methyl sites for hydroxylation is 4. The fraction of sp³-hybridized carbons (Fsp3) is 0.568. The zero-order valence-electron chi connectivity index (χ0n) is 26.6. The van der Waals surface area contributed by atoms with Crippen molar-refractivity contribution < 1.29 is 9.47 Å². The highest BCUT2D eigenvalue weighted by atomic mass is 31.1. The lowest BCUT2D eigenvalue weighted by Crippen LogP contribution is -2.30. The Balaban J connectivity index is 1.58. The van der Waals surface area contributed by atoms with Crippen molar-refractivity contribution in [3.63, 3.8) is 0 Å². The highest BCUT2D eigenvalue weighted by molar-refractivity contribution is 7.74. The summed E-state index contributed by atoms with van der Waals surface area (Å²) in [6.07, 6.45) is 22.1. The van der Waals surface area contributed by atoms with Gasteiger partial charge in [0.25, 0.3) is 0 Å². The molecule has 0 saturated heterocycles. The molecule has 2 atom stereocenters. The monoisotopic (exact) mass is 590 g/mol. The smallest absolute Gasteiger partial charge is 0.124 e. The molecule has 222 valence electrons. The van der Waals surface area contributed by atoms with Gasteiger partial charge >= 0.3 is 0 Å². The van der Waals surface area contributed by atoms with Crippen LogP contribution in [0.25, 0.3) is 0 Å². The van der Waals surface area contributed by atoms with E-state index in [1.807, 2.05) is 0 Å². The van der Waals surface area contributed by atoms with Crippen LogP contribution in [-0.4, -0.2) is 36.9 Å². The minimum absolute atomic E-state index is 0.0368. The van der Waals surface area contributed by atoms with E-state index in [0.29, 0.717) is 11.3 Å². The van der Waals surface area contributed by atoms with Gasteiger partial charge in [0.15, 0.2) is 0 Å². The molecule has 0 N–H and O–H groups in total. The third kappa shape index (κ3) is 6.50. The van der Waals surface area contributed by atoms with Gasteiger partial charge in [0.2, 0.25) is 0 Å². The molecule has 2 saturated carbocycles. The Labute approximate surface area is 252 Å². The Morgan fingerprint density at radius 2 is 1.07 bits per heavy atom. The van der Waals surface area contributed by atoms with Crippen molar-refractivity contribution in [2.45, 2.75) is 121 Å². The number of allylic oxidation sites excluding steroid dienone is 4. The van der Waals surface area contributed by atoms with Gasteiger partial charge in [-0.15, -0.1) is 0 Å². The first-order valence-corrected chi connectivity index (χ1v) is 19.1. The number of hydrogen-bond acceptors (Lipinski definition) is 2. The highest BCUT2D eigenvalue weighted by Gasteiger charge is 2.40. The van der Waals surface area contributed by atoms with Crippen molar-refractivity contribution >= 4 is 26.5 Å². The first kappa shape index (κ1) is 30.8. The fourth-order valence-electron chi connectivity index (χ4n) is 8.21. The lowest BCUT2D eigenvalue weighted by Gasteiger charge is -2.44. The Morgan fingerprint density at radius 1 is 0.659 bits per heavy atom. The SMILES string of the molecule is COc1c(C)cc(P(c2cc(C)c(OC)c(C)c2)C2C=CC=C2[C@H](C)P(C2CCCCC2)C2CCCCC2)cc1C. The summed E-state index contributed by atoms with van der Waals surface area (Å²) in [4.78, 5) is 0. The first-order chi connectivity index (χ1) is 19.8. The van der Waals surface area contributed by atoms with Crippen LogP contribution in [-0.2, 0) is 0 Å². The van der Waals surface area contributed by atoms with Crippen LogP contribution in [0.15, 0.2) is 48.1 Å². The second kappa shape index (κ2) is 13.8. The van der Waals surface area contributed by atoms with Gasteiger partial charge in [-0.25, -0.2) is 0 Å². The molecule has 0 heterocycles. The van der Waals surface area contributed by atoms with Gasteiger partial charge in [-0.2, -0.15) is 0 Å². The van der Waals surface area contributed by atoms with Crippen LogP contribution in [0, 0.1) is 27.7 Å². The van der Waals surface area contributed by atoms with Crippen molar-refractivity contribution in [2.75, 3.05) is 14.2 Å². The van der Waals surface area contributed by atoms with E-state index >= 15 is 0 Å². The molecule has 5 rings (SSSR count). The summed E-state index contributed by atoms with van der Waals surface area (Å²) in [6.45, 7) is 11.5. The average molecular weight is 591 g/mol. The largest absolute Gasteiger partial charge is 0.496 e. The standard InChI is InChI=1S/C37H52O2P2/c1-25-21-32(22-26(2)36(25)38-6)41(33-23-27(3)37(39-7)28(4)24-33)35-20-14-19-34(35)29(5)40(30-15-10-8-11-16-30)31-17-12-9-13-18-31/h14,19-24,29-31,35H,8-13,15-18H2,1-7H3/t29-,35?/m0/s1.